The first kappa shape index (κ1) is 8.27. The molecule has 0 saturated heterocycles. The molecular formula is C9H9N3S. The van der Waals surface area contributed by atoms with E-state index in [0.29, 0.717) is 6.54 Å². The molecule has 0 aliphatic carbocycles. The van der Waals surface area contributed by atoms with Gasteiger partial charge in [-0.05, 0) is 12.3 Å². The highest BCUT2D eigenvalue weighted by molar-refractivity contribution is 7.07. The smallest absolute Gasteiger partial charge is 0.137 e. The van der Waals surface area contributed by atoms with Crippen LogP contribution in [-0.4, -0.2) is 23.5 Å². The maximum atomic E-state index is 9.14. The van der Waals surface area contributed by atoms with Crippen LogP contribution in [-0.2, 0) is 5.41 Å². The number of hydrogen-bond donors (Lipinski definition) is 0. The lowest BCUT2D eigenvalue weighted by atomic mass is 9.88. The van der Waals surface area contributed by atoms with Crippen molar-refractivity contribution < 1.29 is 0 Å². The number of nitrogens with zero attached hydrogens (tertiary/aromatic N) is 3. The minimum Gasteiger partial charge on any atom is -0.378 e. The molecule has 0 bridgehead atoms. The van der Waals surface area contributed by atoms with Gasteiger partial charge < -0.3 is 4.90 Å². The topological polar surface area (TPSA) is 39.9 Å². The van der Waals surface area contributed by atoms with Crippen molar-refractivity contribution in [3.8, 4) is 6.07 Å². The molecular weight excluding hydrogens is 182 g/mol. The lowest BCUT2D eigenvalue weighted by molar-refractivity contribution is 0.438. The third-order valence-electron chi connectivity index (χ3n) is 2.20. The van der Waals surface area contributed by atoms with E-state index in [1.54, 1.807) is 5.51 Å². The van der Waals surface area contributed by atoms with Gasteiger partial charge in [-0.3, -0.25) is 0 Å². The van der Waals surface area contributed by atoms with Gasteiger partial charge in [-0.15, -0.1) is 11.3 Å². The van der Waals surface area contributed by atoms with Crippen LogP contribution in [0.4, 0.5) is 0 Å². The second-order valence-corrected chi connectivity index (χ2v) is 3.91. The van der Waals surface area contributed by atoms with Gasteiger partial charge >= 0.3 is 0 Å². The molecule has 1 unspecified atom stereocenters. The van der Waals surface area contributed by atoms with Crippen molar-refractivity contribution in [1.82, 2.24) is 9.88 Å². The summed E-state index contributed by atoms with van der Waals surface area (Å²) in [5.41, 5.74) is 2.11. The Bertz CT molecular complexity index is 363. The van der Waals surface area contributed by atoms with E-state index in [1.165, 1.54) is 11.3 Å². The number of hydrogen-bond acceptors (Lipinski definition) is 4. The molecule has 2 rings (SSSR count). The number of nitriles is 1. The second kappa shape index (κ2) is 2.86. The normalized spacial score (nSPS) is 26.3. The van der Waals surface area contributed by atoms with E-state index in [9.17, 15) is 0 Å². The van der Waals surface area contributed by atoms with Crippen molar-refractivity contribution in [2.75, 3.05) is 13.6 Å². The highest BCUT2D eigenvalue weighted by Crippen LogP contribution is 2.30. The molecule has 4 heteroatoms. The molecule has 0 N–H and O–H groups in total. The summed E-state index contributed by atoms with van der Waals surface area (Å²) in [6.45, 7) is 0.702. The SMILES string of the molecule is CN1C=CC(C#N)(c2cscn2)C1. The van der Waals surface area contributed by atoms with E-state index in [2.05, 4.69) is 11.1 Å². The second-order valence-electron chi connectivity index (χ2n) is 3.19. The van der Waals surface area contributed by atoms with Crippen LogP contribution < -0.4 is 0 Å². The van der Waals surface area contributed by atoms with Crippen LogP contribution in [0.15, 0.2) is 23.2 Å². The lowest BCUT2D eigenvalue weighted by Gasteiger charge is -2.18. The van der Waals surface area contributed by atoms with Crippen LogP contribution in [0.2, 0.25) is 0 Å². The van der Waals surface area contributed by atoms with E-state index in [-0.39, 0.29) is 0 Å². The van der Waals surface area contributed by atoms with Gasteiger partial charge in [-0.25, -0.2) is 4.98 Å². The largest absolute Gasteiger partial charge is 0.378 e. The molecule has 0 spiro atoms. The zero-order chi connectivity index (χ0) is 9.31. The van der Waals surface area contributed by atoms with Crippen LogP contribution >= 0.6 is 11.3 Å². The molecule has 2 heterocycles. The Labute approximate surface area is 80.9 Å². The molecule has 0 aromatic carbocycles. The van der Waals surface area contributed by atoms with Crippen molar-refractivity contribution >= 4 is 11.3 Å². The molecule has 0 fully saturated rings. The fourth-order valence-corrected chi connectivity index (χ4v) is 2.12. The Hall–Kier alpha value is -1.34. The van der Waals surface area contributed by atoms with Crippen molar-refractivity contribution in [2.24, 2.45) is 0 Å². The zero-order valence-corrected chi connectivity index (χ0v) is 8.08. The van der Waals surface area contributed by atoms with Gasteiger partial charge in [0, 0.05) is 19.0 Å². The highest BCUT2D eigenvalue weighted by atomic mass is 32.1. The van der Waals surface area contributed by atoms with Crippen molar-refractivity contribution in [1.29, 1.82) is 5.26 Å². The van der Waals surface area contributed by atoms with Gasteiger partial charge in [0.05, 0.1) is 17.3 Å². The van der Waals surface area contributed by atoms with Crippen LogP contribution in [0.3, 0.4) is 0 Å². The molecule has 0 amide bonds. The van der Waals surface area contributed by atoms with E-state index >= 15 is 0 Å². The zero-order valence-electron chi connectivity index (χ0n) is 7.27. The summed E-state index contributed by atoms with van der Waals surface area (Å²) >= 11 is 1.53. The molecule has 1 aromatic heterocycles. The molecule has 1 aliphatic heterocycles. The number of aromatic nitrogens is 1. The van der Waals surface area contributed by atoms with Crippen LogP contribution in [0.5, 0.6) is 0 Å². The predicted molar refractivity (Wildman–Crippen MR) is 51.2 cm³/mol. The molecule has 1 aliphatic rings. The van der Waals surface area contributed by atoms with Crippen molar-refractivity contribution in [2.45, 2.75) is 5.41 Å². The average molecular weight is 191 g/mol. The molecule has 0 radical (unpaired) electrons. The highest BCUT2D eigenvalue weighted by Gasteiger charge is 2.36. The first-order chi connectivity index (χ1) is 6.27. The molecule has 13 heavy (non-hydrogen) atoms. The molecule has 0 saturated carbocycles. The van der Waals surface area contributed by atoms with Crippen LogP contribution in [0, 0.1) is 11.3 Å². The first-order valence-electron chi connectivity index (χ1n) is 3.96. The average Bonchev–Trinajstić information content (AvgIpc) is 2.73. The van der Waals surface area contributed by atoms with Gasteiger partial charge in [-0.1, -0.05) is 0 Å². The van der Waals surface area contributed by atoms with Crippen LogP contribution in [0.1, 0.15) is 5.69 Å². The Balaban J connectivity index is 2.40. The maximum Gasteiger partial charge on any atom is 0.137 e. The third-order valence-corrected chi connectivity index (χ3v) is 2.79. The molecule has 1 aromatic rings. The van der Waals surface area contributed by atoms with E-state index in [0.717, 1.165) is 5.69 Å². The van der Waals surface area contributed by atoms with Gasteiger partial charge in [0.1, 0.15) is 5.41 Å². The summed E-state index contributed by atoms with van der Waals surface area (Å²) in [4.78, 5) is 6.20. The fraction of sp³-hybridized carbons (Fsp3) is 0.333. The summed E-state index contributed by atoms with van der Waals surface area (Å²) in [6, 6.07) is 2.33. The third kappa shape index (κ3) is 1.21. The molecule has 3 nitrogen and oxygen atoms in total. The predicted octanol–water partition coefficient (Wildman–Crippen LogP) is 1.36. The Morgan fingerprint density at radius 2 is 2.62 bits per heavy atom. The summed E-state index contributed by atoms with van der Waals surface area (Å²) < 4.78 is 0. The van der Waals surface area contributed by atoms with E-state index in [4.69, 9.17) is 5.26 Å². The number of likely N-dealkylation sites (N-methyl/N-ethyl adjacent to an activating group) is 1. The number of thiazole rings is 1. The summed E-state index contributed by atoms with van der Waals surface area (Å²) in [7, 11) is 1.96. The van der Waals surface area contributed by atoms with Gasteiger partial charge in [0.15, 0.2) is 0 Å². The molecule has 66 valence electrons. The van der Waals surface area contributed by atoms with Crippen LogP contribution in [0.25, 0.3) is 0 Å². The number of rotatable bonds is 1. The van der Waals surface area contributed by atoms with Crippen molar-refractivity contribution in [3.63, 3.8) is 0 Å². The summed E-state index contributed by atoms with van der Waals surface area (Å²) in [5, 5.41) is 11.1. The lowest BCUT2D eigenvalue weighted by Crippen LogP contribution is -2.28. The maximum absolute atomic E-state index is 9.14. The standard InChI is InChI=1S/C9H9N3S/c1-12-3-2-9(5-10,6-12)8-4-13-7-11-8/h2-4,7H,6H2,1H3. The first-order valence-corrected chi connectivity index (χ1v) is 4.91. The minimum atomic E-state index is -0.519. The Morgan fingerprint density at radius 1 is 1.77 bits per heavy atom. The van der Waals surface area contributed by atoms with Crippen molar-refractivity contribution in [3.05, 3.63) is 28.9 Å². The van der Waals surface area contributed by atoms with E-state index < -0.39 is 5.41 Å². The minimum absolute atomic E-state index is 0.519. The Morgan fingerprint density at radius 3 is 3.08 bits per heavy atom. The van der Waals surface area contributed by atoms with E-state index in [1.807, 2.05) is 29.6 Å². The monoisotopic (exact) mass is 191 g/mol. The van der Waals surface area contributed by atoms with Gasteiger partial charge in [0.25, 0.3) is 0 Å². The fourth-order valence-electron chi connectivity index (χ4n) is 1.48. The summed E-state index contributed by atoms with van der Waals surface area (Å²) in [6.07, 6.45) is 3.85. The van der Waals surface area contributed by atoms with Gasteiger partial charge in [-0.2, -0.15) is 5.26 Å². The summed E-state index contributed by atoms with van der Waals surface area (Å²) in [5.74, 6) is 0. The Kier molecular flexibility index (Phi) is 1.82. The van der Waals surface area contributed by atoms with Gasteiger partial charge in [0.2, 0.25) is 0 Å². The quantitative estimate of drug-likeness (QED) is 0.673. The molecule has 1 atom stereocenters.